The molecule has 1 aromatic carbocycles. The van der Waals surface area contributed by atoms with Gasteiger partial charge in [0.15, 0.2) is 0 Å². The first-order valence-corrected chi connectivity index (χ1v) is 10.2. The van der Waals surface area contributed by atoms with Gasteiger partial charge in [-0.05, 0) is 51.5 Å². The molecule has 1 aliphatic carbocycles. The maximum absolute atomic E-state index is 11.8. The Morgan fingerprint density at radius 1 is 1.27 bits per heavy atom. The largest absolute Gasteiger partial charge is 0.444 e. The van der Waals surface area contributed by atoms with E-state index in [9.17, 15) is 4.79 Å². The Hall–Kier alpha value is -1.88. The molecule has 1 N–H and O–H groups in total. The fourth-order valence-electron chi connectivity index (χ4n) is 3.42. The van der Waals surface area contributed by atoms with Gasteiger partial charge in [-0.25, -0.2) is 9.78 Å². The topological polar surface area (TPSA) is 51.2 Å². The average molecular weight is 373 g/mol. The van der Waals surface area contributed by atoms with E-state index >= 15 is 0 Å². The van der Waals surface area contributed by atoms with Crippen LogP contribution in [0.25, 0.3) is 0 Å². The Kier molecular flexibility index (Phi) is 5.97. The monoisotopic (exact) mass is 372 g/mol. The highest BCUT2D eigenvalue weighted by molar-refractivity contribution is 7.09. The number of rotatable bonds is 5. The van der Waals surface area contributed by atoms with E-state index in [0.29, 0.717) is 18.4 Å². The second kappa shape index (κ2) is 8.21. The van der Waals surface area contributed by atoms with Crippen LogP contribution in [-0.4, -0.2) is 23.2 Å². The van der Waals surface area contributed by atoms with Gasteiger partial charge in [0.05, 0.1) is 10.7 Å². The fourth-order valence-corrected chi connectivity index (χ4v) is 4.39. The van der Waals surface area contributed by atoms with Gasteiger partial charge in [-0.3, -0.25) is 0 Å². The van der Waals surface area contributed by atoms with Crippen molar-refractivity contribution in [3.63, 3.8) is 0 Å². The lowest BCUT2D eigenvalue weighted by Crippen LogP contribution is -2.34. The molecule has 1 aromatic heterocycles. The summed E-state index contributed by atoms with van der Waals surface area (Å²) in [5.41, 5.74) is 2.01. The zero-order valence-corrected chi connectivity index (χ0v) is 16.6. The van der Waals surface area contributed by atoms with Gasteiger partial charge in [-0.1, -0.05) is 30.3 Å². The molecule has 140 valence electrons. The van der Waals surface area contributed by atoms with Gasteiger partial charge >= 0.3 is 6.09 Å². The molecular formula is C21H28N2O2S. The second-order valence-electron chi connectivity index (χ2n) is 8.10. The van der Waals surface area contributed by atoms with Crippen molar-refractivity contribution in [2.75, 3.05) is 6.54 Å². The van der Waals surface area contributed by atoms with Crippen LogP contribution in [0, 0.1) is 5.92 Å². The lowest BCUT2D eigenvalue weighted by Gasteiger charge is -2.20. The standard InChI is InChI=1S/C21H28N2O2S/c1-21(2,3)25-20(24)22-13-16-9-10-17(11-16)19-23-18(14-26-19)12-15-7-5-4-6-8-15/h4-8,14,16-17H,9-13H2,1-3H3,(H,22,24)/t16-,17+/m0/s1. The van der Waals surface area contributed by atoms with E-state index < -0.39 is 5.60 Å². The van der Waals surface area contributed by atoms with Crippen LogP contribution in [0.4, 0.5) is 4.79 Å². The number of amides is 1. The van der Waals surface area contributed by atoms with Crippen LogP contribution in [0.3, 0.4) is 0 Å². The Bertz CT molecular complexity index is 721. The van der Waals surface area contributed by atoms with Crippen molar-refractivity contribution in [3.8, 4) is 0 Å². The third-order valence-corrected chi connectivity index (χ3v) is 5.68. The van der Waals surface area contributed by atoms with Crippen molar-refractivity contribution in [2.24, 2.45) is 5.92 Å². The van der Waals surface area contributed by atoms with Gasteiger partial charge in [0.1, 0.15) is 5.60 Å². The van der Waals surface area contributed by atoms with Gasteiger partial charge in [-0.15, -0.1) is 11.3 Å². The van der Waals surface area contributed by atoms with E-state index in [-0.39, 0.29) is 6.09 Å². The van der Waals surface area contributed by atoms with Crippen molar-refractivity contribution < 1.29 is 9.53 Å². The highest BCUT2D eigenvalue weighted by Crippen LogP contribution is 2.39. The average Bonchev–Trinajstić information content (AvgIpc) is 3.21. The third-order valence-electron chi connectivity index (χ3n) is 4.62. The molecule has 1 fully saturated rings. The minimum Gasteiger partial charge on any atom is -0.444 e. The molecule has 2 atom stereocenters. The van der Waals surface area contributed by atoms with Gasteiger partial charge < -0.3 is 10.1 Å². The van der Waals surface area contributed by atoms with Crippen molar-refractivity contribution in [2.45, 2.75) is 58.0 Å². The summed E-state index contributed by atoms with van der Waals surface area (Å²) in [6, 6.07) is 10.5. The first-order chi connectivity index (χ1) is 12.4. The number of hydrogen-bond acceptors (Lipinski definition) is 4. The van der Waals surface area contributed by atoms with E-state index in [1.807, 2.05) is 26.8 Å². The summed E-state index contributed by atoms with van der Waals surface area (Å²) in [5, 5.41) is 6.35. The van der Waals surface area contributed by atoms with Gasteiger partial charge in [0.25, 0.3) is 0 Å². The molecule has 0 saturated heterocycles. The Morgan fingerprint density at radius 3 is 2.77 bits per heavy atom. The number of nitrogens with zero attached hydrogens (tertiary/aromatic N) is 1. The Labute approximate surface area is 160 Å². The third kappa shape index (κ3) is 5.56. The number of benzene rings is 1. The van der Waals surface area contributed by atoms with Gasteiger partial charge in [0, 0.05) is 24.3 Å². The van der Waals surface area contributed by atoms with Crippen LogP contribution in [0.2, 0.25) is 0 Å². The first-order valence-electron chi connectivity index (χ1n) is 9.34. The Balaban J connectivity index is 1.47. The fraction of sp³-hybridized carbons (Fsp3) is 0.524. The quantitative estimate of drug-likeness (QED) is 0.790. The van der Waals surface area contributed by atoms with Crippen LogP contribution >= 0.6 is 11.3 Å². The SMILES string of the molecule is CC(C)(C)OC(=O)NC[C@H]1CC[C@@H](c2nc(Cc3ccccc3)cs2)C1. The molecule has 1 amide bonds. The van der Waals surface area contributed by atoms with E-state index in [4.69, 9.17) is 9.72 Å². The number of aromatic nitrogens is 1. The van der Waals surface area contributed by atoms with E-state index in [2.05, 4.69) is 35.0 Å². The second-order valence-corrected chi connectivity index (χ2v) is 8.99. The van der Waals surface area contributed by atoms with Crippen molar-refractivity contribution >= 4 is 17.4 Å². The minimum atomic E-state index is -0.446. The molecule has 2 aromatic rings. The normalized spacial score (nSPS) is 20.1. The van der Waals surface area contributed by atoms with Crippen molar-refractivity contribution in [3.05, 3.63) is 52.0 Å². The first kappa shape index (κ1) is 18.9. The maximum atomic E-state index is 11.8. The van der Waals surface area contributed by atoms with Gasteiger partial charge in [-0.2, -0.15) is 0 Å². The molecule has 1 saturated carbocycles. The summed E-state index contributed by atoms with van der Waals surface area (Å²) in [4.78, 5) is 16.7. The van der Waals surface area contributed by atoms with Crippen molar-refractivity contribution in [1.29, 1.82) is 0 Å². The highest BCUT2D eigenvalue weighted by atomic mass is 32.1. The smallest absolute Gasteiger partial charge is 0.407 e. The van der Waals surface area contributed by atoms with Crippen LogP contribution < -0.4 is 5.32 Å². The summed E-state index contributed by atoms with van der Waals surface area (Å²) in [5.74, 6) is 1.03. The van der Waals surface area contributed by atoms with E-state index in [1.165, 1.54) is 10.6 Å². The Morgan fingerprint density at radius 2 is 2.04 bits per heavy atom. The zero-order chi connectivity index (χ0) is 18.6. The van der Waals surface area contributed by atoms with Crippen LogP contribution in [0.15, 0.2) is 35.7 Å². The number of hydrogen-bond donors (Lipinski definition) is 1. The zero-order valence-electron chi connectivity index (χ0n) is 15.8. The lowest BCUT2D eigenvalue weighted by molar-refractivity contribution is 0.0519. The van der Waals surface area contributed by atoms with Crippen LogP contribution in [0.1, 0.15) is 62.2 Å². The molecule has 0 bridgehead atoms. The number of carbonyl (C=O) groups excluding carboxylic acids is 1. The summed E-state index contributed by atoms with van der Waals surface area (Å²) in [6.07, 6.45) is 3.95. The molecule has 4 nitrogen and oxygen atoms in total. The minimum absolute atomic E-state index is 0.319. The molecule has 0 aliphatic heterocycles. The summed E-state index contributed by atoms with van der Waals surface area (Å²) in [7, 11) is 0. The summed E-state index contributed by atoms with van der Waals surface area (Å²) in [6.45, 7) is 6.34. The molecule has 3 rings (SSSR count). The molecule has 0 unspecified atom stereocenters. The highest BCUT2D eigenvalue weighted by Gasteiger charge is 2.28. The molecule has 5 heteroatoms. The molecule has 0 spiro atoms. The number of thiazole rings is 1. The molecule has 0 radical (unpaired) electrons. The summed E-state index contributed by atoms with van der Waals surface area (Å²) < 4.78 is 5.31. The molecule has 26 heavy (non-hydrogen) atoms. The molecular weight excluding hydrogens is 344 g/mol. The molecule has 1 aliphatic rings. The van der Waals surface area contributed by atoms with E-state index in [0.717, 1.165) is 31.4 Å². The lowest BCUT2D eigenvalue weighted by atomic mass is 10.1. The predicted molar refractivity (Wildman–Crippen MR) is 106 cm³/mol. The number of ether oxygens (including phenoxy) is 1. The number of carbonyl (C=O) groups is 1. The number of nitrogens with one attached hydrogen (secondary N) is 1. The van der Waals surface area contributed by atoms with Gasteiger partial charge in [0.2, 0.25) is 0 Å². The summed E-state index contributed by atoms with van der Waals surface area (Å²) >= 11 is 1.78. The van der Waals surface area contributed by atoms with Crippen LogP contribution in [-0.2, 0) is 11.2 Å². The molecule has 1 heterocycles. The van der Waals surface area contributed by atoms with E-state index in [1.54, 1.807) is 11.3 Å². The van der Waals surface area contributed by atoms with Crippen molar-refractivity contribution in [1.82, 2.24) is 10.3 Å². The van der Waals surface area contributed by atoms with Crippen LogP contribution in [0.5, 0.6) is 0 Å². The maximum Gasteiger partial charge on any atom is 0.407 e. The predicted octanol–water partition coefficient (Wildman–Crippen LogP) is 5.14. The number of alkyl carbamates (subject to hydrolysis) is 1.